The maximum atomic E-state index is 13.4. The van der Waals surface area contributed by atoms with Gasteiger partial charge in [-0.3, -0.25) is 13.9 Å². The lowest BCUT2D eigenvalue weighted by atomic mass is 9.99. The number of aliphatic hydroxyl groups is 1. The third-order valence-electron chi connectivity index (χ3n) is 6.79. The van der Waals surface area contributed by atoms with Crippen molar-refractivity contribution in [3.8, 4) is 5.75 Å². The fourth-order valence-electron chi connectivity index (χ4n) is 4.45. The lowest BCUT2D eigenvalue weighted by Gasteiger charge is -2.30. The van der Waals surface area contributed by atoms with E-state index in [0.29, 0.717) is 24.3 Å². The molecule has 0 bridgehead atoms. The first kappa shape index (κ1) is 31.6. The molecule has 0 radical (unpaired) electrons. The molecule has 3 aromatic rings. The zero-order valence-electron chi connectivity index (χ0n) is 24.0. The zero-order chi connectivity index (χ0) is 30.0. The molecule has 2 amide bonds. The highest BCUT2D eigenvalue weighted by Gasteiger charge is 2.26. The summed E-state index contributed by atoms with van der Waals surface area (Å²) in [6.07, 6.45) is -0.297. The molecule has 9 nitrogen and oxygen atoms in total. The highest BCUT2D eigenvalue weighted by molar-refractivity contribution is 7.92. The largest absolute Gasteiger partial charge is 0.497 e. The molecule has 41 heavy (non-hydrogen) atoms. The smallest absolute Gasteiger partial charge is 0.251 e. The van der Waals surface area contributed by atoms with E-state index < -0.39 is 28.1 Å². The molecule has 0 saturated heterocycles. The number of nitrogens with one attached hydrogen (secondary N) is 1. The van der Waals surface area contributed by atoms with Crippen molar-refractivity contribution < 1.29 is 27.9 Å². The van der Waals surface area contributed by atoms with Crippen molar-refractivity contribution in [1.82, 2.24) is 10.2 Å². The van der Waals surface area contributed by atoms with Gasteiger partial charge in [-0.05, 0) is 54.3 Å². The van der Waals surface area contributed by atoms with Gasteiger partial charge in [-0.15, -0.1) is 0 Å². The summed E-state index contributed by atoms with van der Waals surface area (Å²) >= 11 is 0. The molecule has 0 aliphatic carbocycles. The van der Waals surface area contributed by atoms with Crippen LogP contribution in [0.2, 0.25) is 0 Å². The number of carbonyl (C=O) groups excluding carboxylic acids is 2. The van der Waals surface area contributed by atoms with Crippen LogP contribution < -0.4 is 14.4 Å². The highest BCUT2D eigenvalue weighted by Crippen LogP contribution is 2.20. The normalized spacial score (nSPS) is 12.7. The number of hydrogen-bond donors (Lipinski definition) is 2. The van der Waals surface area contributed by atoms with Crippen molar-refractivity contribution in [3.63, 3.8) is 0 Å². The van der Waals surface area contributed by atoms with E-state index in [2.05, 4.69) is 5.32 Å². The van der Waals surface area contributed by atoms with E-state index in [0.717, 1.165) is 11.1 Å². The lowest BCUT2D eigenvalue weighted by Crippen LogP contribution is -2.50. The summed E-state index contributed by atoms with van der Waals surface area (Å²) in [5.74, 6) is -0.0275. The van der Waals surface area contributed by atoms with E-state index in [4.69, 9.17) is 4.74 Å². The molecule has 3 rings (SSSR count). The Kier molecular flexibility index (Phi) is 11.3. The number of benzene rings is 3. The second kappa shape index (κ2) is 14.7. The van der Waals surface area contributed by atoms with Crippen LogP contribution in [0.15, 0.2) is 78.9 Å². The lowest BCUT2D eigenvalue weighted by molar-refractivity contribution is -0.131. The summed E-state index contributed by atoms with van der Waals surface area (Å²) < 4.78 is 31.6. The molecule has 0 unspecified atom stereocenters. The molecule has 2 N–H and O–H groups in total. The van der Waals surface area contributed by atoms with Gasteiger partial charge in [0.2, 0.25) is 15.9 Å². The molecule has 0 fully saturated rings. The maximum Gasteiger partial charge on any atom is 0.251 e. The first-order valence-electron chi connectivity index (χ1n) is 13.5. The predicted molar refractivity (Wildman–Crippen MR) is 160 cm³/mol. The van der Waals surface area contributed by atoms with Crippen molar-refractivity contribution in [3.05, 3.63) is 95.6 Å². The van der Waals surface area contributed by atoms with E-state index in [1.807, 2.05) is 54.6 Å². The molecule has 0 spiro atoms. The summed E-state index contributed by atoms with van der Waals surface area (Å²) in [4.78, 5) is 27.5. The van der Waals surface area contributed by atoms with E-state index >= 15 is 0 Å². The van der Waals surface area contributed by atoms with Gasteiger partial charge in [0.25, 0.3) is 5.91 Å². The second-order valence-corrected chi connectivity index (χ2v) is 12.0. The summed E-state index contributed by atoms with van der Waals surface area (Å²) in [5, 5.41) is 14.3. The quantitative estimate of drug-likeness (QED) is 0.301. The Morgan fingerprint density at radius 1 is 0.976 bits per heavy atom. The molecular formula is C31H39N3O6S. The van der Waals surface area contributed by atoms with Crippen LogP contribution in [0.5, 0.6) is 5.75 Å². The molecule has 3 aromatic carbocycles. The molecule has 0 aliphatic heterocycles. The predicted octanol–water partition coefficient (Wildman–Crippen LogP) is 3.62. The van der Waals surface area contributed by atoms with E-state index in [9.17, 15) is 23.1 Å². The molecule has 0 aromatic heterocycles. The number of sulfonamides is 1. The summed E-state index contributed by atoms with van der Waals surface area (Å²) in [7, 11) is -0.488. The summed E-state index contributed by atoms with van der Waals surface area (Å²) in [6, 6.07) is 22.4. The number of carbonyl (C=O) groups is 2. The maximum absolute atomic E-state index is 13.4. The van der Waals surface area contributed by atoms with Gasteiger partial charge in [0.15, 0.2) is 0 Å². The van der Waals surface area contributed by atoms with Gasteiger partial charge in [0.05, 0.1) is 30.7 Å². The van der Waals surface area contributed by atoms with Crippen LogP contribution in [-0.2, 0) is 27.8 Å². The fourth-order valence-corrected chi connectivity index (χ4v) is 5.67. The number of anilines is 1. The standard InChI is InChI=1S/C31H39N3O6S/c1-5-17-41(38,39)33(3)27-15-10-14-26(20-27)31(37)32-29(19-24-11-7-6-8-12-24)30(36)22-34(23(2)35)21-25-13-9-16-28(18-25)40-4/h6-16,18,20,29-30,36H,5,17,19,21-22H2,1-4H3,(H,32,37)/t29-,30+/m0/s1. The van der Waals surface area contributed by atoms with Crippen molar-refractivity contribution in [1.29, 1.82) is 0 Å². The number of nitrogens with zero attached hydrogens (tertiary/aromatic N) is 2. The van der Waals surface area contributed by atoms with Crippen LogP contribution in [-0.4, -0.2) is 68.8 Å². The number of aliphatic hydroxyl groups excluding tert-OH is 1. The van der Waals surface area contributed by atoms with Gasteiger partial charge in [-0.25, -0.2) is 8.42 Å². The molecule has 0 aliphatic rings. The number of rotatable bonds is 14. The van der Waals surface area contributed by atoms with Gasteiger partial charge in [-0.2, -0.15) is 0 Å². The van der Waals surface area contributed by atoms with Gasteiger partial charge >= 0.3 is 0 Å². The first-order chi connectivity index (χ1) is 19.5. The third kappa shape index (κ3) is 9.06. The van der Waals surface area contributed by atoms with E-state index in [1.165, 1.54) is 29.2 Å². The Labute approximate surface area is 242 Å². The Bertz CT molecular complexity index is 1410. The first-order valence-corrected chi connectivity index (χ1v) is 15.1. The Morgan fingerprint density at radius 2 is 1.66 bits per heavy atom. The number of hydrogen-bond acceptors (Lipinski definition) is 6. The average Bonchev–Trinajstić information content (AvgIpc) is 2.96. The zero-order valence-corrected chi connectivity index (χ0v) is 24.8. The van der Waals surface area contributed by atoms with Gasteiger partial charge < -0.3 is 20.1 Å². The molecule has 0 saturated carbocycles. The van der Waals surface area contributed by atoms with E-state index in [1.54, 1.807) is 32.2 Å². The average molecular weight is 582 g/mol. The van der Waals surface area contributed by atoms with Crippen LogP contribution in [0.4, 0.5) is 5.69 Å². The van der Waals surface area contributed by atoms with Gasteiger partial charge in [-0.1, -0.05) is 55.5 Å². The van der Waals surface area contributed by atoms with Crippen molar-refractivity contribution >= 4 is 27.5 Å². The fraction of sp³-hybridized carbons (Fsp3) is 0.355. The minimum Gasteiger partial charge on any atom is -0.497 e. The minimum absolute atomic E-state index is 0.00627. The molecular weight excluding hydrogens is 542 g/mol. The van der Waals surface area contributed by atoms with Gasteiger partial charge in [0, 0.05) is 32.6 Å². The van der Waals surface area contributed by atoms with Crippen molar-refractivity contribution in [2.45, 2.75) is 45.4 Å². The van der Waals surface area contributed by atoms with Crippen molar-refractivity contribution in [2.24, 2.45) is 0 Å². The molecule has 10 heteroatoms. The Hall–Kier alpha value is -3.89. The SMILES string of the molecule is CCCS(=O)(=O)N(C)c1cccc(C(=O)N[C@@H](Cc2ccccc2)[C@H](O)CN(Cc2cccc(OC)c2)C(C)=O)c1. The number of methoxy groups -OCH3 is 1. The monoisotopic (exact) mass is 581 g/mol. The van der Waals surface area contributed by atoms with Crippen LogP contribution in [0.3, 0.4) is 0 Å². The topological polar surface area (TPSA) is 116 Å². The van der Waals surface area contributed by atoms with Gasteiger partial charge in [0.1, 0.15) is 5.75 Å². The van der Waals surface area contributed by atoms with Crippen LogP contribution in [0.1, 0.15) is 41.8 Å². The van der Waals surface area contributed by atoms with E-state index in [-0.39, 0.29) is 30.3 Å². The Balaban J connectivity index is 1.83. The number of amides is 2. The van der Waals surface area contributed by atoms with Crippen molar-refractivity contribution in [2.75, 3.05) is 30.8 Å². The van der Waals surface area contributed by atoms with Crippen LogP contribution in [0.25, 0.3) is 0 Å². The summed E-state index contributed by atoms with van der Waals surface area (Å²) in [6.45, 7) is 3.47. The Morgan fingerprint density at radius 3 is 2.32 bits per heavy atom. The molecule has 220 valence electrons. The highest BCUT2D eigenvalue weighted by atomic mass is 32.2. The second-order valence-electron chi connectivity index (χ2n) is 9.92. The number of ether oxygens (including phenoxy) is 1. The summed E-state index contributed by atoms with van der Waals surface area (Å²) in [5.41, 5.74) is 2.37. The molecule has 2 atom stereocenters. The molecule has 0 heterocycles. The van der Waals surface area contributed by atoms with Crippen LogP contribution >= 0.6 is 0 Å². The third-order valence-corrected chi connectivity index (χ3v) is 8.76. The van der Waals surface area contributed by atoms with Crippen LogP contribution in [0, 0.1) is 0 Å². The minimum atomic E-state index is -3.52.